The molecule has 3 atom stereocenters. The Bertz CT molecular complexity index is 1160. The molecule has 162 valence electrons. The van der Waals surface area contributed by atoms with E-state index in [-0.39, 0.29) is 17.4 Å². The number of hydrogen-bond donors (Lipinski definition) is 5. The first kappa shape index (κ1) is 20.1. The van der Waals surface area contributed by atoms with Crippen molar-refractivity contribution >= 4 is 28.9 Å². The average molecular weight is 428 g/mol. The van der Waals surface area contributed by atoms with Crippen LogP contribution in [-0.2, 0) is 0 Å². The van der Waals surface area contributed by atoms with Crippen molar-refractivity contribution in [2.24, 2.45) is 5.92 Å². The Morgan fingerprint density at radius 3 is 2.62 bits per heavy atom. The van der Waals surface area contributed by atoms with Crippen molar-refractivity contribution in [3.05, 3.63) is 77.6 Å². The molecule has 1 saturated heterocycles. The van der Waals surface area contributed by atoms with E-state index in [0.29, 0.717) is 46.2 Å². The number of fused-ring (bicyclic) bond motifs is 2. The maximum absolute atomic E-state index is 12.7. The molecule has 3 unspecified atom stereocenters. The average Bonchev–Trinajstić information content (AvgIpc) is 3.43. The summed E-state index contributed by atoms with van der Waals surface area (Å²) in [5.74, 6) is 1.12. The third-order valence-electron chi connectivity index (χ3n) is 6.26. The van der Waals surface area contributed by atoms with E-state index in [4.69, 9.17) is 11.1 Å². The molecule has 6 N–H and O–H groups in total. The molecule has 0 radical (unpaired) electrons. The molecule has 8 nitrogen and oxygen atoms in total. The number of carbonyl (C=O) groups excluding carboxylic acids is 1. The van der Waals surface area contributed by atoms with Gasteiger partial charge in [0.05, 0.1) is 11.3 Å². The van der Waals surface area contributed by atoms with Crippen LogP contribution in [0.15, 0.2) is 60.9 Å². The Balaban J connectivity index is 1.40. The van der Waals surface area contributed by atoms with Crippen LogP contribution in [0, 0.1) is 11.3 Å². The third-order valence-corrected chi connectivity index (χ3v) is 6.26. The monoisotopic (exact) mass is 427 g/mol. The number of benzene rings is 2. The molecule has 2 fully saturated rings. The fraction of sp³-hybridized carbons (Fsp3) is 0.250. The first-order chi connectivity index (χ1) is 15.6. The van der Waals surface area contributed by atoms with Crippen LogP contribution in [0.5, 0.6) is 0 Å². The molecular weight excluding hydrogens is 402 g/mol. The fourth-order valence-electron chi connectivity index (χ4n) is 4.63. The van der Waals surface area contributed by atoms with Gasteiger partial charge in [-0.2, -0.15) is 0 Å². The lowest BCUT2D eigenvalue weighted by Crippen LogP contribution is -2.37. The van der Waals surface area contributed by atoms with Crippen molar-refractivity contribution < 1.29 is 4.79 Å². The quantitative estimate of drug-likeness (QED) is 0.385. The maximum atomic E-state index is 12.7. The van der Waals surface area contributed by atoms with Crippen LogP contribution in [0.4, 0.5) is 17.3 Å². The number of anilines is 3. The molecule has 2 aromatic carbocycles. The van der Waals surface area contributed by atoms with Gasteiger partial charge in [0.15, 0.2) is 0 Å². The number of hydrogen-bond acceptors (Lipinski definition) is 7. The van der Waals surface area contributed by atoms with Crippen molar-refractivity contribution in [2.45, 2.75) is 24.9 Å². The first-order valence-electron chi connectivity index (χ1n) is 10.7. The Labute approximate surface area is 186 Å². The molecular formula is C24H25N7O. The van der Waals surface area contributed by atoms with E-state index in [2.05, 4.69) is 25.9 Å². The number of para-hydroxylation sites is 1. The van der Waals surface area contributed by atoms with Crippen LogP contribution in [0.2, 0.25) is 0 Å². The van der Waals surface area contributed by atoms with Crippen molar-refractivity contribution in [2.75, 3.05) is 22.9 Å². The summed E-state index contributed by atoms with van der Waals surface area (Å²) in [5.41, 5.74) is 8.58. The van der Waals surface area contributed by atoms with E-state index in [1.807, 2.05) is 30.3 Å². The van der Waals surface area contributed by atoms with E-state index in [0.717, 1.165) is 19.4 Å². The van der Waals surface area contributed by atoms with Crippen LogP contribution in [0.25, 0.3) is 0 Å². The predicted molar refractivity (Wildman–Crippen MR) is 125 cm³/mol. The van der Waals surface area contributed by atoms with Gasteiger partial charge in [0.1, 0.15) is 18.0 Å². The van der Waals surface area contributed by atoms with Gasteiger partial charge in [-0.25, -0.2) is 9.97 Å². The number of nitrogen functional groups attached to an aromatic ring is 1. The zero-order valence-corrected chi connectivity index (χ0v) is 17.5. The molecule has 32 heavy (non-hydrogen) atoms. The minimum absolute atomic E-state index is 0.182. The number of nitrogens with zero attached hydrogens (tertiary/aromatic N) is 2. The molecule has 3 aromatic rings. The standard InChI is InChI=1S/C24H25N7O/c25-21(14-5-4-6-15(9-14)24(32)30-17-7-2-1-3-8-17)20-22(26)28-13-29-23(20)31-19-11-18-10-16(19)12-27-18/h1-9,13,16,18-19,25,27H,10-12H2,(H,30,32)(H3,26,28,29,31). The molecule has 2 aliphatic rings. The molecule has 1 aliphatic heterocycles. The van der Waals surface area contributed by atoms with Crippen LogP contribution >= 0.6 is 0 Å². The summed E-state index contributed by atoms with van der Waals surface area (Å²) in [6.45, 7) is 0.994. The highest BCUT2D eigenvalue weighted by atomic mass is 16.1. The van der Waals surface area contributed by atoms with Gasteiger partial charge in [0, 0.05) is 35.4 Å². The van der Waals surface area contributed by atoms with Crippen LogP contribution in [0.3, 0.4) is 0 Å². The first-order valence-corrected chi connectivity index (χ1v) is 10.7. The predicted octanol–water partition coefficient (Wildman–Crippen LogP) is 2.89. The number of carbonyl (C=O) groups is 1. The summed E-state index contributed by atoms with van der Waals surface area (Å²) in [4.78, 5) is 21.2. The Hall–Kier alpha value is -3.78. The van der Waals surface area contributed by atoms with E-state index in [1.165, 1.54) is 6.33 Å². The number of piperidine rings is 1. The van der Waals surface area contributed by atoms with Gasteiger partial charge in [0.25, 0.3) is 5.91 Å². The van der Waals surface area contributed by atoms with E-state index in [9.17, 15) is 4.79 Å². The van der Waals surface area contributed by atoms with Gasteiger partial charge in [-0.1, -0.05) is 30.3 Å². The van der Waals surface area contributed by atoms with Crippen molar-refractivity contribution in [3.8, 4) is 0 Å². The molecule has 2 heterocycles. The normalized spacial score (nSPS) is 21.3. The molecule has 1 aromatic heterocycles. The lowest BCUT2D eigenvalue weighted by Gasteiger charge is -2.25. The Morgan fingerprint density at radius 1 is 1.06 bits per heavy atom. The smallest absolute Gasteiger partial charge is 0.255 e. The molecule has 1 amide bonds. The number of rotatable bonds is 6. The number of amides is 1. The molecule has 0 spiro atoms. The summed E-state index contributed by atoms with van der Waals surface area (Å²) >= 11 is 0. The zero-order valence-electron chi connectivity index (χ0n) is 17.5. The largest absolute Gasteiger partial charge is 0.383 e. The number of aromatic nitrogens is 2. The fourth-order valence-corrected chi connectivity index (χ4v) is 4.63. The minimum atomic E-state index is -0.240. The maximum Gasteiger partial charge on any atom is 0.255 e. The van der Waals surface area contributed by atoms with E-state index < -0.39 is 0 Å². The van der Waals surface area contributed by atoms with Gasteiger partial charge in [-0.15, -0.1) is 0 Å². The molecule has 2 bridgehead atoms. The van der Waals surface area contributed by atoms with Gasteiger partial charge in [-0.3, -0.25) is 10.2 Å². The minimum Gasteiger partial charge on any atom is -0.383 e. The van der Waals surface area contributed by atoms with Gasteiger partial charge in [0.2, 0.25) is 0 Å². The summed E-state index contributed by atoms with van der Waals surface area (Å²) in [6.07, 6.45) is 3.60. The number of nitrogens with two attached hydrogens (primary N) is 1. The van der Waals surface area contributed by atoms with Crippen LogP contribution in [-0.4, -0.2) is 40.2 Å². The summed E-state index contributed by atoms with van der Waals surface area (Å²) in [7, 11) is 0. The van der Waals surface area contributed by atoms with Gasteiger partial charge in [-0.05, 0) is 43.0 Å². The second kappa shape index (κ2) is 8.39. The number of nitrogens with one attached hydrogen (secondary N) is 4. The molecule has 1 saturated carbocycles. The SMILES string of the molecule is N=C(c1cccc(C(=O)Nc2ccccc2)c1)c1c(N)ncnc1NC1CC2CC1CN2. The second-order valence-electron chi connectivity index (χ2n) is 8.35. The molecule has 5 rings (SSSR count). The van der Waals surface area contributed by atoms with Gasteiger partial charge < -0.3 is 21.7 Å². The Morgan fingerprint density at radius 2 is 1.88 bits per heavy atom. The highest BCUT2D eigenvalue weighted by Gasteiger charge is 2.39. The van der Waals surface area contributed by atoms with Crippen molar-refractivity contribution in [1.82, 2.24) is 15.3 Å². The lowest BCUT2D eigenvalue weighted by atomic mass is 9.99. The Kier molecular flexibility index (Phi) is 5.28. The van der Waals surface area contributed by atoms with E-state index in [1.54, 1.807) is 24.3 Å². The zero-order chi connectivity index (χ0) is 22.1. The van der Waals surface area contributed by atoms with E-state index >= 15 is 0 Å². The summed E-state index contributed by atoms with van der Waals surface area (Å²) in [6, 6.07) is 17.1. The second-order valence-corrected chi connectivity index (χ2v) is 8.35. The summed E-state index contributed by atoms with van der Waals surface area (Å²) in [5, 5.41) is 18.7. The van der Waals surface area contributed by atoms with Crippen LogP contribution in [0.1, 0.15) is 34.3 Å². The third kappa shape index (κ3) is 3.92. The highest BCUT2D eigenvalue weighted by Crippen LogP contribution is 2.34. The van der Waals surface area contributed by atoms with Gasteiger partial charge >= 0.3 is 0 Å². The highest BCUT2D eigenvalue weighted by molar-refractivity contribution is 6.17. The van der Waals surface area contributed by atoms with Crippen LogP contribution < -0.4 is 21.7 Å². The topological polar surface area (TPSA) is 129 Å². The van der Waals surface area contributed by atoms with Crippen molar-refractivity contribution in [1.29, 1.82) is 5.41 Å². The van der Waals surface area contributed by atoms with Crippen molar-refractivity contribution in [3.63, 3.8) is 0 Å². The lowest BCUT2D eigenvalue weighted by molar-refractivity contribution is 0.102. The molecule has 8 heteroatoms. The summed E-state index contributed by atoms with van der Waals surface area (Å²) < 4.78 is 0. The molecule has 1 aliphatic carbocycles.